The predicted molar refractivity (Wildman–Crippen MR) is 103 cm³/mol. The molecule has 4 aromatic rings. The molecule has 4 rings (SSSR count). The molecule has 2 aromatic heterocycles. The molecule has 0 N–H and O–H groups in total. The average molecular weight is 399 g/mol. The molecule has 2 heterocycles. The first-order valence-electron chi connectivity index (χ1n) is 8.02. The highest BCUT2D eigenvalue weighted by Gasteiger charge is 2.11. The zero-order chi connectivity index (χ0) is 18.6. The fraction of sp³-hybridized carbons (Fsp3) is 0.105. The van der Waals surface area contributed by atoms with Crippen LogP contribution in [-0.2, 0) is 5.75 Å². The van der Waals surface area contributed by atoms with Crippen LogP contribution in [0, 0.1) is 5.82 Å². The van der Waals surface area contributed by atoms with Crippen LogP contribution in [0.25, 0.3) is 22.6 Å². The highest BCUT2D eigenvalue weighted by atomic mass is 32.2. The van der Waals surface area contributed by atoms with Crippen molar-refractivity contribution < 1.29 is 13.7 Å². The molecule has 136 valence electrons. The van der Waals surface area contributed by atoms with E-state index in [0.29, 0.717) is 17.5 Å². The first kappa shape index (κ1) is 17.7. The van der Waals surface area contributed by atoms with Crippen molar-refractivity contribution in [1.82, 2.24) is 15.1 Å². The van der Waals surface area contributed by atoms with E-state index in [9.17, 15) is 4.39 Å². The zero-order valence-corrected chi connectivity index (χ0v) is 15.9. The van der Waals surface area contributed by atoms with E-state index in [4.69, 9.17) is 9.26 Å². The quantitative estimate of drug-likeness (QED) is 0.410. The van der Waals surface area contributed by atoms with E-state index in [2.05, 4.69) is 15.1 Å². The van der Waals surface area contributed by atoms with Crippen LogP contribution >= 0.6 is 23.1 Å². The lowest BCUT2D eigenvalue weighted by Gasteiger charge is -1.98. The Morgan fingerprint density at radius 3 is 2.52 bits per heavy atom. The number of hydrogen-bond acceptors (Lipinski definition) is 7. The minimum absolute atomic E-state index is 0.257. The maximum atomic E-state index is 13.0. The van der Waals surface area contributed by atoms with Crippen LogP contribution < -0.4 is 4.74 Å². The van der Waals surface area contributed by atoms with Gasteiger partial charge in [0.1, 0.15) is 11.6 Å². The maximum Gasteiger partial charge on any atom is 0.237 e. The van der Waals surface area contributed by atoms with Gasteiger partial charge in [0, 0.05) is 16.5 Å². The average Bonchev–Trinajstić information content (AvgIpc) is 3.37. The third-order valence-corrected chi connectivity index (χ3v) is 5.76. The summed E-state index contributed by atoms with van der Waals surface area (Å²) in [7, 11) is 1.62. The molecule has 8 heteroatoms. The Bertz CT molecular complexity index is 1030. The summed E-state index contributed by atoms with van der Waals surface area (Å²) >= 11 is 3.05. The van der Waals surface area contributed by atoms with Gasteiger partial charge >= 0.3 is 0 Å². The first-order valence-corrected chi connectivity index (χ1v) is 9.89. The van der Waals surface area contributed by atoms with Gasteiger partial charge in [-0.25, -0.2) is 9.37 Å². The molecule has 0 spiro atoms. The van der Waals surface area contributed by atoms with Crippen molar-refractivity contribution in [3.8, 4) is 28.4 Å². The third kappa shape index (κ3) is 4.17. The molecule has 0 unspecified atom stereocenters. The minimum atomic E-state index is -0.257. The molecule has 27 heavy (non-hydrogen) atoms. The van der Waals surface area contributed by atoms with Crippen LogP contribution in [0.1, 0.15) is 5.89 Å². The van der Waals surface area contributed by atoms with Gasteiger partial charge in [0.2, 0.25) is 11.7 Å². The van der Waals surface area contributed by atoms with Crippen LogP contribution in [0.2, 0.25) is 0 Å². The predicted octanol–water partition coefficient (Wildman–Crippen LogP) is 5.30. The topological polar surface area (TPSA) is 61.0 Å². The van der Waals surface area contributed by atoms with Gasteiger partial charge in [-0.15, -0.1) is 11.3 Å². The summed E-state index contributed by atoms with van der Waals surface area (Å²) in [4.78, 5) is 8.99. The molecule has 0 aliphatic heterocycles. The number of thiazole rings is 1. The van der Waals surface area contributed by atoms with Crippen LogP contribution in [0.4, 0.5) is 4.39 Å². The molecule has 0 aliphatic carbocycles. The number of ether oxygens (including phenoxy) is 1. The van der Waals surface area contributed by atoms with E-state index in [1.165, 1.54) is 35.2 Å². The molecule has 0 radical (unpaired) electrons. The summed E-state index contributed by atoms with van der Waals surface area (Å²) in [6, 6.07) is 13.8. The van der Waals surface area contributed by atoms with Crippen molar-refractivity contribution >= 4 is 23.1 Å². The number of methoxy groups -OCH3 is 1. The van der Waals surface area contributed by atoms with Crippen molar-refractivity contribution in [2.24, 2.45) is 0 Å². The van der Waals surface area contributed by atoms with Crippen LogP contribution in [-0.4, -0.2) is 22.2 Å². The second-order valence-corrected chi connectivity index (χ2v) is 7.62. The van der Waals surface area contributed by atoms with Crippen LogP contribution in [0.5, 0.6) is 5.75 Å². The van der Waals surface area contributed by atoms with Gasteiger partial charge in [0.25, 0.3) is 0 Å². The maximum absolute atomic E-state index is 13.0. The molecule has 5 nitrogen and oxygen atoms in total. The molecule has 0 saturated carbocycles. The molecule has 2 aromatic carbocycles. The zero-order valence-electron chi connectivity index (χ0n) is 14.3. The largest absolute Gasteiger partial charge is 0.497 e. The first-order chi connectivity index (χ1) is 13.2. The van der Waals surface area contributed by atoms with Gasteiger partial charge < -0.3 is 9.26 Å². The lowest BCUT2D eigenvalue weighted by Crippen LogP contribution is -1.85. The van der Waals surface area contributed by atoms with E-state index in [1.807, 2.05) is 29.6 Å². The van der Waals surface area contributed by atoms with Gasteiger partial charge in [0.05, 0.1) is 18.6 Å². The molecule has 0 atom stereocenters. The lowest BCUT2D eigenvalue weighted by atomic mass is 10.2. The Morgan fingerprint density at radius 1 is 1.04 bits per heavy atom. The highest BCUT2D eigenvalue weighted by Crippen LogP contribution is 2.30. The SMILES string of the molecule is COc1ccc(-c2noc(CSc3nc(-c4ccc(F)cc4)cs3)n2)cc1. The normalized spacial score (nSPS) is 10.9. The van der Waals surface area contributed by atoms with Crippen molar-refractivity contribution in [3.63, 3.8) is 0 Å². The number of aromatic nitrogens is 3. The minimum Gasteiger partial charge on any atom is -0.497 e. The Kier molecular flexibility index (Phi) is 5.17. The molecular formula is C19H14FN3O2S2. The molecule has 0 saturated heterocycles. The molecule has 0 aliphatic rings. The lowest BCUT2D eigenvalue weighted by molar-refractivity contribution is 0.391. The van der Waals surface area contributed by atoms with Crippen molar-refractivity contribution in [3.05, 3.63) is 65.6 Å². The van der Waals surface area contributed by atoms with Crippen LogP contribution in [0.15, 0.2) is 62.8 Å². The Labute approximate surface area is 163 Å². The number of benzene rings is 2. The fourth-order valence-electron chi connectivity index (χ4n) is 2.37. The number of rotatable bonds is 6. The number of hydrogen-bond donors (Lipinski definition) is 0. The summed E-state index contributed by atoms with van der Waals surface area (Å²) in [6.07, 6.45) is 0. The summed E-state index contributed by atoms with van der Waals surface area (Å²) in [6.45, 7) is 0. The van der Waals surface area contributed by atoms with E-state index < -0.39 is 0 Å². The van der Waals surface area contributed by atoms with Crippen LogP contribution in [0.3, 0.4) is 0 Å². The van der Waals surface area contributed by atoms with Gasteiger partial charge in [-0.05, 0) is 48.5 Å². The second-order valence-electron chi connectivity index (χ2n) is 5.53. The van der Waals surface area contributed by atoms with Crippen molar-refractivity contribution in [1.29, 1.82) is 0 Å². The van der Waals surface area contributed by atoms with E-state index >= 15 is 0 Å². The van der Waals surface area contributed by atoms with Gasteiger partial charge in [-0.1, -0.05) is 16.9 Å². The van der Waals surface area contributed by atoms with E-state index in [0.717, 1.165) is 26.9 Å². The summed E-state index contributed by atoms with van der Waals surface area (Å²) in [5, 5.41) is 5.97. The Balaban J connectivity index is 1.40. The van der Waals surface area contributed by atoms with Crippen molar-refractivity contribution in [2.45, 2.75) is 10.1 Å². The Hall–Kier alpha value is -2.71. The molecule has 0 fully saturated rings. The molecule has 0 amide bonds. The highest BCUT2D eigenvalue weighted by molar-refractivity contribution is 8.00. The second kappa shape index (κ2) is 7.89. The molecule has 0 bridgehead atoms. The number of thioether (sulfide) groups is 1. The number of nitrogens with zero attached hydrogens (tertiary/aromatic N) is 3. The third-order valence-electron chi connectivity index (χ3n) is 3.76. The summed E-state index contributed by atoms with van der Waals surface area (Å²) in [5.74, 6) is 2.12. The monoisotopic (exact) mass is 399 g/mol. The van der Waals surface area contributed by atoms with Gasteiger partial charge in [0.15, 0.2) is 4.34 Å². The smallest absolute Gasteiger partial charge is 0.237 e. The Morgan fingerprint density at radius 2 is 1.78 bits per heavy atom. The van der Waals surface area contributed by atoms with E-state index in [-0.39, 0.29) is 5.82 Å². The van der Waals surface area contributed by atoms with E-state index in [1.54, 1.807) is 19.2 Å². The standard InChI is InChI=1S/C19H14FN3O2S2/c1-24-15-8-4-13(5-9-15)18-22-17(25-23-18)11-27-19-21-16(10-26-19)12-2-6-14(20)7-3-12/h2-10H,11H2,1H3. The number of halogens is 1. The van der Waals surface area contributed by atoms with Gasteiger partial charge in [-0.3, -0.25) is 0 Å². The van der Waals surface area contributed by atoms with Gasteiger partial charge in [-0.2, -0.15) is 4.98 Å². The fourth-order valence-corrected chi connectivity index (χ4v) is 4.04. The molecular weight excluding hydrogens is 385 g/mol. The van der Waals surface area contributed by atoms with Crippen molar-refractivity contribution in [2.75, 3.05) is 7.11 Å². The summed E-state index contributed by atoms with van der Waals surface area (Å²) < 4.78 is 24.4. The summed E-state index contributed by atoms with van der Waals surface area (Å²) in [5.41, 5.74) is 2.58.